The van der Waals surface area contributed by atoms with E-state index in [0.717, 1.165) is 12.8 Å². The van der Waals surface area contributed by atoms with E-state index in [-0.39, 0.29) is 42.2 Å². The Morgan fingerprint density at radius 1 is 1.11 bits per heavy atom. The number of guanidine groups is 1. The summed E-state index contributed by atoms with van der Waals surface area (Å²) in [5.41, 5.74) is -0.263. The van der Waals surface area contributed by atoms with Gasteiger partial charge in [0.1, 0.15) is 12.4 Å². The molecular formula is C19H32FIN4O2. The third-order valence-corrected chi connectivity index (χ3v) is 3.87. The predicted octanol–water partition coefficient (Wildman–Crippen LogP) is 3.27. The van der Waals surface area contributed by atoms with Crippen molar-refractivity contribution in [1.82, 2.24) is 10.6 Å². The van der Waals surface area contributed by atoms with Crippen LogP contribution in [0.2, 0.25) is 0 Å². The molecule has 0 fully saturated rings. The number of rotatable bonds is 10. The van der Waals surface area contributed by atoms with Gasteiger partial charge in [-0.2, -0.15) is 0 Å². The highest BCUT2D eigenvalue weighted by Gasteiger charge is 2.24. The highest BCUT2D eigenvalue weighted by atomic mass is 127. The summed E-state index contributed by atoms with van der Waals surface area (Å²) in [6.45, 7) is 6.96. The fourth-order valence-corrected chi connectivity index (χ4v) is 2.71. The number of benzene rings is 1. The molecule has 154 valence electrons. The van der Waals surface area contributed by atoms with Crippen LogP contribution in [0.25, 0.3) is 0 Å². The summed E-state index contributed by atoms with van der Waals surface area (Å²) in [5.74, 6) is -0.176. The molecule has 1 rings (SSSR count). The predicted molar refractivity (Wildman–Crippen MR) is 119 cm³/mol. The van der Waals surface area contributed by atoms with E-state index < -0.39 is 5.60 Å². The average molecular weight is 494 g/mol. The number of anilines is 1. The number of aliphatic hydroxyl groups is 1. The van der Waals surface area contributed by atoms with Gasteiger partial charge < -0.3 is 21.1 Å². The van der Waals surface area contributed by atoms with Crippen LogP contribution in [0.4, 0.5) is 10.1 Å². The molecule has 0 spiro atoms. The molecule has 0 unspecified atom stereocenters. The maximum absolute atomic E-state index is 12.9. The minimum Gasteiger partial charge on any atom is -0.388 e. The Hall–Kier alpha value is -1.42. The number of carbonyl (C=O) groups excluding carboxylic acids is 1. The summed E-state index contributed by atoms with van der Waals surface area (Å²) in [5, 5.41) is 19.5. The third-order valence-electron chi connectivity index (χ3n) is 3.87. The van der Waals surface area contributed by atoms with Gasteiger partial charge >= 0.3 is 0 Å². The van der Waals surface area contributed by atoms with Crippen LogP contribution in [-0.2, 0) is 4.79 Å². The van der Waals surface area contributed by atoms with Crippen molar-refractivity contribution < 1.29 is 14.3 Å². The zero-order valence-electron chi connectivity index (χ0n) is 16.3. The smallest absolute Gasteiger partial charge is 0.246 e. The van der Waals surface area contributed by atoms with Gasteiger partial charge in [-0.3, -0.25) is 4.79 Å². The number of halogens is 2. The van der Waals surface area contributed by atoms with Gasteiger partial charge in [0.05, 0.1) is 5.60 Å². The molecule has 1 amide bonds. The fourth-order valence-electron chi connectivity index (χ4n) is 2.71. The van der Waals surface area contributed by atoms with Gasteiger partial charge in [0.15, 0.2) is 5.96 Å². The number of carbonyl (C=O) groups is 1. The lowest BCUT2D eigenvalue weighted by molar-refractivity contribution is -0.114. The molecule has 0 aliphatic heterocycles. The monoisotopic (exact) mass is 494 g/mol. The van der Waals surface area contributed by atoms with E-state index in [1.807, 2.05) is 20.8 Å². The average Bonchev–Trinajstić information content (AvgIpc) is 2.60. The van der Waals surface area contributed by atoms with Crippen LogP contribution >= 0.6 is 24.0 Å². The minimum absolute atomic E-state index is 0. The van der Waals surface area contributed by atoms with E-state index in [0.29, 0.717) is 37.6 Å². The quantitative estimate of drug-likeness (QED) is 0.229. The van der Waals surface area contributed by atoms with Gasteiger partial charge in [-0.15, -0.1) is 24.0 Å². The lowest BCUT2D eigenvalue weighted by Crippen LogP contribution is -2.47. The van der Waals surface area contributed by atoms with Crippen LogP contribution < -0.4 is 16.0 Å². The van der Waals surface area contributed by atoms with Gasteiger partial charge in [0.25, 0.3) is 0 Å². The molecule has 6 nitrogen and oxygen atoms in total. The lowest BCUT2D eigenvalue weighted by atomic mass is 9.93. The number of nitrogens with zero attached hydrogens (tertiary/aromatic N) is 1. The van der Waals surface area contributed by atoms with Crippen LogP contribution in [0.1, 0.15) is 46.5 Å². The highest BCUT2D eigenvalue weighted by molar-refractivity contribution is 14.0. The van der Waals surface area contributed by atoms with Crippen molar-refractivity contribution in [1.29, 1.82) is 0 Å². The van der Waals surface area contributed by atoms with Gasteiger partial charge in [-0.25, -0.2) is 9.38 Å². The van der Waals surface area contributed by atoms with Crippen molar-refractivity contribution in [2.45, 2.75) is 52.1 Å². The third kappa shape index (κ3) is 10.5. The van der Waals surface area contributed by atoms with Crippen LogP contribution in [0.3, 0.4) is 0 Å². The van der Waals surface area contributed by atoms with Crippen molar-refractivity contribution in [2.75, 3.05) is 25.0 Å². The first-order valence-electron chi connectivity index (χ1n) is 9.22. The van der Waals surface area contributed by atoms with Crippen molar-refractivity contribution in [2.24, 2.45) is 4.99 Å². The maximum atomic E-state index is 12.9. The first-order valence-corrected chi connectivity index (χ1v) is 9.22. The maximum Gasteiger partial charge on any atom is 0.246 e. The molecule has 8 heteroatoms. The number of aliphatic imine (C=N–C) groups is 1. The van der Waals surface area contributed by atoms with E-state index in [1.54, 1.807) is 0 Å². The number of hydrogen-bond donors (Lipinski definition) is 4. The largest absolute Gasteiger partial charge is 0.388 e. The van der Waals surface area contributed by atoms with Crippen molar-refractivity contribution in [3.8, 4) is 0 Å². The zero-order valence-corrected chi connectivity index (χ0v) is 18.7. The van der Waals surface area contributed by atoms with Gasteiger partial charge in [-0.05, 0) is 44.0 Å². The molecule has 0 heterocycles. The normalized spacial score (nSPS) is 11.5. The molecule has 27 heavy (non-hydrogen) atoms. The van der Waals surface area contributed by atoms with E-state index in [2.05, 4.69) is 20.9 Å². The van der Waals surface area contributed by atoms with E-state index >= 15 is 0 Å². The summed E-state index contributed by atoms with van der Waals surface area (Å²) in [7, 11) is 0. The molecule has 0 radical (unpaired) electrons. The lowest BCUT2D eigenvalue weighted by Gasteiger charge is -2.28. The second kappa shape index (κ2) is 13.7. The molecule has 0 aliphatic carbocycles. The van der Waals surface area contributed by atoms with Crippen LogP contribution in [-0.4, -0.2) is 42.2 Å². The Kier molecular flexibility index (Phi) is 13.0. The van der Waals surface area contributed by atoms with Crippen LogP contribution in [0.15, 0.2) is 29.3 Å². The summed E-state index contributed by atoms with van der Waals surface area (Å²) in [4.78, 5) is 16.2. The van der Waals surface area contributed by atoms with Crippen LogP contribution in [0, 0.1) is 5.82 Å². The Morgan fingerprint density at radius 3 is 2.22 bits per heavy atom. The Bertz CT molecular complexity index is 576. The standard InChI is InChI=1S/C19H31FN4O2.HI/c1-4-11-19(26,12-5-2)14-23-18(21-6-3)22-13-17(25)24-16-9-7-15(20)8-10-16;/h7-10,26H,4-6,11-14H2,1-3H3,(H,24,25)(H2,21,22,23);1H. The molecule has 0 bridgehead atoms. The molecule has 0 aliphatic rings. The first-order chi connectivity index (χ1) is 12.4. The Labute approximate surface area is 178 Å². The van der Waals surface area contributed by atoms with Gasteiger partial charge in [0, 0.05) is 18.8 Å². The second-order valence-corrected chi connectivity index (χ2v) is 6.33. The molecule has 0 aromatic heterocycles. The highest BCUT2D eigenvalue weighted by Crippen LogP contribution is 2.18. The second-order valence-electron chi connectivity index (χ2n) is 6.33. The van der Waals surface area contributed by atoms with E-state index in [1.165, 1.54) is 24.3 Å². The Morgan fingerprint density at radius 2 is 1.70 bits per heavy atom. The molecule has 0 atom stereocenters. The molecule has 1 aromatic carbocycles. The summed E-state index contributed by atoms with van der Waals surface area (Å²) in [6, 6.07) is 5.56. The van der Waals surface area contributed by atoms with E-state index in [4.69, 9.17) is 0 Å². The van der Waals surface area contributed by atoms with E-state index in [9.17, 15) is 14.3 Å². The minimum atomic E-state index is -0.782. The van der Waals surface area contributed by atoms with Crippen molar-refractivity contribution in [3.63, 3.8) is 0 Å². The summed E-state index contributed by atoms with van der Waals surface area (Å²) in [6.07, 6.45) is 3.20. The number of hydrogen-bond acceptors (Lipinski definition) is 3. The number of amides is 1. The summed E-state index contributed by atoms with van der Waals surface area (Å²) >= 11 is 0. The molecule has 0 saturated carbocycles. The van der Waals surface area contributed by atoms with Gasteiger partial charge in [-0.1, -0.05) is 26.7 Å². The van der Waals surface area contributed by atoms with Crippen molar-refractivity contribution >= 4 is 41.5 Å². The first kappa shape index (κ1) is 25.6. The summed E-state index contributed by atoms with van der Waals surface area (Å²) < 4.78 is 12.9. The van der Waals surface area contributed by atoms with Crippen molar-refractivity contribution in [3.05, 3.63) is 30.1 Å². The van der Waals surface area contributed by atoms with Crippen LogP contribution in [0.5, 0.6) is 0 Å². The SMILES string of the molecule is CCCC(O)(CCC)CNC(=NCC(=O)Nc1ccc(F)cc1)NCC.I. The molecule has 4 N–H and O–H groups in total. The zero-order chi connectivity index (χ0) is 19.4. The van der Waals surface area contributed by atoms with Gasteiger partial charge in [0.2, 0.25) is 5.91 Å². The number of nitrogens with one attached hydrogen (secondary N) is 3. The topological polar surface area (TPSA) is 85.8 Å². The molecule has 0 saturated heterocycles. The molecule has 1 aromatic rings. The fraction of sp³-hybridized carbons (Fsp3) is 0.579. The molecular weight excluding hydrogens is 462 g/mol. The Balaban J connectivity index is 0.00000676.